The Morgan fingerprint density at radius 2 is 1.88 bits per heavy atom. The average molecular weight is 254 g/mol. The van der Waals surface area contributed by atoms with E-state index in [-0.39, 0.29) is 5.92 Å². The van der Waals surface area contributed by atoms with Crippen LogP contribution < -0.4 is 0 Å². The third-order valence-corrected chi connectivity index (χ3v) is 4.99. The molecule has 1 aliphatic rings. The summed E-state index contributed by atoms with van der Waals surface area (Å²) in [5.41, 5.74) is 2.03. The predicted octanol–water partition coefficient (Wildman–Crippen LogP) is 1.89. The second-order valence-electron chi connectivity index (χ2n) is 4.95. The lowest BCUT2D eigenvalue weighted by molar-refractivity contribution is 0.543. The van der Waals surface area contributed by atoms with Crippen LogP contribution in [-0.4, -0.2) is 29.9 Å². The Hall–Kier alpha value is -0.970. The van der Waals surface area contributed by atoms with Gasteiger partial charge in [0.25, 0.3) is 0 Å². The van der Waals surface area contributed by atoms with Crippen LogP contribution >= 0.6 is 0 Å². The first-order valence-electron chi connectivity index (χ1n) is 6.00. The molecule has 0 atom stereocenters. The zero-order valence-electron chi connectivity index (χ0n) is 10.3. The first kappa shape index (κ1) is 12.5. The molecule has 0 amide bonds. The molecule has 0 spiro atoms. The van der Waals surface area contributed by atoms with Crippen molar-refractivity contribution < 1.29 is 8.42 Å². The van der Waals surface area contributed by atoms with E-state index in [1.54, 1.807) is 6.33 Å². The average Bonchev–Trinajstić information content (AvgIpc) is 2.29. The van der Waals surface area contributed by atoms with E-state index >= 15 is 0 Å². The normalized spacial score (nSPS) is 20.6. The fourth-order valence-electron chi connectivity index (χ4n) is 2.11. The minimum atomic E-state index is -2.79. The predicted molar refractivity (Wildman–Crippen MR) is 66.7 cm³/mol. The molecule has 0 unspecified atom stereocenters. The van der Waals surface area contributed by atoms with Gasteiger partial charge in [0.15, 0.2) is 0 Å². The van der Waals surface area contributed by atoms with Crippen molar-refractivity contribution in [3.8, 4) is 0 Å². The van der Waals surface area contributed by atoms with Gasteiger partial charge in [-0.3, -0.25) is 0 Å². The molecule has 1 aromatic rings. The molecule has 17 heavy (non-hydrogen) atoms. The van der Waals surface area contributed by atoms with Crippen molar-refractivity contribution in [3.05, 3.63) is 23.8 Å². The molecular formula is C12H18N2O2S. The van der Waals surface area contributed by atoms with E-state index < -0.39 is 9.84 Å². The number of hydrogen-bond acceptors (Lipinski definition) is 4. The second kappa shape index (κ2) is 4.72. The summed E-state index contributed by atoms with van der Waals surface area (Å²) in [6.07, 6.45) is 2.97. The van der Waals surface area contributed by atoms with E-state index in [0.29, 0.717) is 30.3 Å². The molecule has 2 heterocycles. The quantitative estimate of drug-likeness (QED) is 0.808. The molecule has 0 aromatic carbocycles. The van der Waals surface area contributed by atoms with Crippen molar-refractivity contribution in [1.29, 1.82) is 0 Å². The number of aromatic nitrogens is 2. The van der Waals surface area contributed by atoms with E-state index in [0.717, 1.165) is 11.4 Å². The number of nitrogens with zero attached hydrogens (tertiary/aromatic N) is 2. The smallest absolute Gasteiger partial charge is 0.150 e. The van der Waals surface area contributed by atoms with Gasteiger partial charge >= 0.3 is 0 Å². The Bertz CT molecular complexity index is 483. The summed E-state index contributed by atoms with van der Waals surface area (Å²) in [6, 6.07) is 2.02. The molecule has 1 saturated heterocycles. The second-order valence-corrected chi connectivity index (χ2v) is 7.25. The van der Waals surface area contributed by atoms with Gasteiger partial charge in [-0.2, -0.15) is 0 Å². The minimum absolute atomic E-state index is 0.277. The molecule has 2 rings (SSSR count). The molecular weight excluding hydrogens is 236 g/mol. The zero-order chi connectivity index (χ0) is 12.5. The van der Waals surface area contributed by atoms with Crippen molar-refractivity contribution in [3.63, 3.8) is 0 Å². The highest BCUT2D eigenvalue weighted by Gasteiger charge is 2.25. The van der Waals surface area contributed by atoms with Crippen LogP contribution in [0.2, 0.25) is 0 Å². The lowest BCUT2D eigenvalue weighted by Gasteiger charge is -2.21. The Balaban J connectivity index is 2.16. The van der Waals surface area contributed by atoms with Crippen LogP contribution in [-0.2, 0) is 9.84 Å². The van der Waals surface area contributed by atoms with E-state index in [1.807, 2.05) is 6.07 Å². The molecule has 4 nitrogen and oxygen atoms in total. The molecule has 0 bridgehead atoms. The summed E-state index contributed by atoms with van der Waals surface area (Å²) in [5.74, 6) is 1.24. The molecule has 94 valence electrons. The third-order valence-electron chi connectivity index (χ3n) is 3.27. The van der Waals surface area contributed by atoms with E-state index in [2.05, 4.69) is 23.8 Å². The molecule has 1 aliphatic heterocycles. The summed E-state index contributed by atoms with van der Waals surface area (Å²) in [6.45, 7) is 4.19. The monoisotopic (exact) mass is 254 g/mol. The zero-order valence-corrected chi connectivity index (χ0v) is 11.1. The molecule has 0 aliphatic carbocycles. The Morgan fingerprint density at radius 1 is 1.24 bits per heavy atom. The van der Waals surface area contributed by atoms with Gasteiger partial charge < -0.3 is 0 Å². The van der Waals surface area contributed by atoms with E-state index in [1.165, 1.54) is 0 Å². The number of hydrogen-bond donors (Lipinski definition) is 0. The molecule has 1 aromatic heterocycles. The SMILES string of the molecule is CC(C)c1cc(C2CCS(=O)(=O)CC2)ncn1. The summed E-state index contributed by atoms with van der Waals surface area (Å²) < 4.78 is 22.7. The van der Waals surface area contributed by atoms with Crippen molar-refractivity contribution in [1.82, 2.24) is 9.97 Å². The highest BCUT2D eigenvalue weighted by Crippen LogP contribution is 2.28. The Morgan fingerprint density at radius 3 is 2.47 bits per heavy atom. The van der Waals surface area contributed by atoms with Crippen molar-refractivity contribution in [2.24, 2.45) is 0 Å². The summed E-state index contributed by atoms with van der Waals surface area (Å²) in [7, 11) is -2.79. The first-order valence-corrected chi connectivity index (χ1v) is 7.82. The Kier molecular flexibility index (Phi) is 3.47. The van der Waals surface area contributed by atoms with Gasteiger partial charge in [0.05, 0.1) is 11.5 Å². The van der Waals surface area contributed by atoms with Gasteiger partial charge in [-0.05, 0) is 24.8 Å². The van der Waals surface area contributed by atoms with Crippen molar-refractivity contribution in [2.75, 3.05) is 11.5 Å². The van der Waals surface area contributed by atoms with Crippen LogP contribution in [0.15, 0.2) is 12.4 Å². The van der Waals surface area contributed by atoms with Crippen molar-refractivity contribution >= 4 is 9.84 Å². The summed E-state index contributed by atoms with van der Waals surface area (Å²) in [5, 5.41) is 0. The van der Waals surface area contributed by atoms with Crippen LogP contribution in [0, 0.1) is 0 Å². The van der Waals surface area contributed by atoms with Crippen LogP contribution in [0.25, 0.3) is 0 Å². The van der Waals surface area contributed by atoms with Crippen LogP contribution in [0.5, 0.6) is 0 Å². The third kappa shape index (κ3) is 3.03. The fraction of sp³-hybridized carbons (Fsp3) is 0.667. The molecule has 0 radical (unpaired) electrons. The minimum Gasteiger partial charge on any atom is -0.241 e. The maximum Gasteiger partial charge on any atom is 0.150 e. The molecule has 5 heteroatoms. The topological polar surface area (TPSA) is 59.9 Å². The van der Waals surface area contributed by atoms with Gasteiger partial charge in [-0.25, -0.2) is 18.4 Å². The maximum atomic E-state index is 11.4. The van der Waals surface area contributed by atoms with Gasteiger partial charge in [-0.1, -0.05) is 13.8 Å². The number of sulfone groups is 1. The van der Waals surface area contributed by atoms with E-state index in [9.17, 15) is 8.42 Å². The maximum absolute atomic E-state index is 11.4. The van der Waals surface area contributed by atoms with Gasteiger partial charge in [0, 0.05) is 17.3 Å². The van der Waals surface area contributed by atoms with Crippen LogP contribution in [0.1, 0.15) is 49.9 Å². The van der Waals surface area contributed by atoms with E-state index in [4.69, 9.17) is 0 Å². The highest BCUT2D eigenvalue weighted by molar-refractivity contribution is 7.91. The first-order chi connectivity index (χ1) is 7.98. The summed E-state index contributed by atoms with van der Waals surface area (Å²) in [4.78, 5) is 8.52. The standard InChI is InChI=1S/C12H18N2O2S/c1-9(2)11-7-12(14-8-13-11)10-3-5-17(15,16)6-4-10/h7-10H,3-6H2,1-2H3. The number of rotatable bonds is 2. The lowest BCUT2D eigenvalue weighted by Crippen LogP contribution is -2.22. The van der Waals surface area contributed by atoms with Gasteiger partial charge in [-0.15, -0.1) is 0 Å². The molecule has 1 fully saturated rings. The highest BCUT2D eigenvalue weighted by atomic mass is 32.2. The molecule has 0 saturated carbocycles. The molecule has 0 N–H and O–H groups in total. The van der Waals surface area contributed by atoms with Gasteiger partial charge in [0.1, 0.15) is 16.2 Å². The lowest BCUT2D eigenvalue weighted by atomic mass is 9.97. The van der Waals surface area contributed by atoms with Crippen molar-refractivity contribution in [2.45, 2.75) is 38.5 Å². The summed E-state index contributed by atoms with van der Waals surface area (Å²) >= 11 is 0. The van der Waals surface area contributed by atoms with Crippen LogP contribution in [0.3, 0.4) is 0 Å². The Labute approximate surface area is 102 Å². The largest absolute Gasteiger partial charge is 0.241 e. The van der Waals surface area contributed by atoms with Gasteiger partial charge in [0.2, 0.25) is 0 Å². The van der Waals surface area contributed by atoms with Crippen LogP contribution in [0.4, 0.5) is 0 Å². The fourth-order valence-corrected chi connectivity index (χ4v) is 3.60.